The highest BCUT2D eigenvalue weighted by Crippen LogP contribution is 2.24. The van der Waals surface area contributed by atoms with Crippen LogP contribution in [-0.4, -0.2) is 33.9 Å². The molecular formula is C15H19N3O2S. The fourth-order valence-electron chi connectivity index (χ4n) is 1.79. The summed E-state index contributed by atoms with van der Waals surface area (Å²) < 4.78 is 27.1. The van der Waals surface area contributed by atoms with Crippen LogP contribution in [0.5, 0.6) is 0 Å². The zero-order chi connectivity index (χ0) is 15.5. The zero-order valence-corrected chi connectivity index (χ0v) is 13.1. The number of rotatable bonds is 5. The summed E-state index contributed by atoms with van der Waals surface area (Å²) in [6, 6.07) is 17.2. The SMILES string of the molecule is CN(c1ccccc1)c1ccc(NS(=O)(=O)N(C)C)cc1. The normalized spacial score (nSPS) is 11.4. The largest absolute Gasteiger partial charge is 0.345 e. The smallest absolute Gasteiger partial charge is 0.301 e. The van der Waals surface area contributed by atoms with Gasteiger partial charge in [0.25, 0.3) is 0 Å². The summed E-state index contributed by atoms with van der Waals surface area (Å²) in [6.45, 7) is 0. The lowest BCUT2D eigenvalue weighted by Crippen LogP contribution is -2.28. The average molecular weight is 305 g/mol. The van der Waals surface area contributed by atoms with Crippen molar-refractivity contribution in [1.29, 1.82) is 0 Å². The van der Waals surface area contributed by atoms with E-state index in [0.29, 0.717) is 5.69 Å². The Morgan fingerprint density at radius 2 is 1.33 bits per heavy atom. The predicted molar refractivity (Wildman–Crippen MR) is 87.2 cm³/mol. The van der Waals surface area contributed by atoms with E-state index in [1.807, 2.05) is 54.4 Å². The Morgan fingerprint density at radius 3 is 1.86 bits per heavy atom. The molecule has 0 spiro atoms. The highest BCUT2D eigenvalue weighted by atomic mass is 32.2. The minimum atomic E-state index is -3.47. The average Bonchev–Trinajstić information content (AvgIpc) is 2.48. The third kappa shape index (κ3) is 3.74. The lowest BCUT2D eigenvalue weighted by molar-refractivity contribution is 0.527. The van der Waals surface area contributed by atoms with Gasteiger partial charge < -0.3 is 4.90 Å². The van der Waals surface area contributed by atoms with Crippen molar-refractivity contribution in [3.63, 3.8) is 0 Å². The molecule has 0 atom stereocenters. The second-order valence-corrected chi connectivity index (χ2v) is 6.72. The molecule has 2 aromatic rings. The van der Waals surface area contributed by atoms with Crippen LogP contribution in [0.25, 0.3) is 0 Å². The van der Waals surface area contributed by atoms with E-state index in [1.165, 1.54) is 14.1 Å². The highest BCUT2D eigenvalue weighted by molar-refractivity contribution is 7.90. The third-order valence-electron chi connectivity index (χ3n) is 3.13. The van der Waals surface area contributed by atoms with Crippen LogP contribution in [0.1, 0.15) is 0 Å². The molecule has 0 unspecified atom stereocenters. The van der Waals surface area contributed by atoms with E-state index >= 15 is 0 Å². The molecule has 0 saturated heterocycles. The van der Waals surface area contributed by atoms with Crippen LogP contribution in [0.2, 0.25) is 0 Å². The molecule has 2 rings (SSSR count). The molecule has 0 heterocycles. The van der Waals surface area contributed by atoms with Crippen molar-refractivity contribution in [2.24, 2.45) is 0 Å². The Hall–Kier alpha value is -2.05. The molecule has 1 N–H and O–H groups in total. The van der Waals surface area contributed by atoms with Crippen LogP contribution in [0, 0.1) is 0 Å². The van der Waals surface area contributed by atoms with Crippen LogP contribution in [0.4, 0.5) is 17.1 Å². The Morgan fingerprint density at radius 1 is 0.810 bits per heavy atom. The zero-order valence-electron chi connectivity index (χ0n) is 12.3. The maximum Gasteiger partial charge on any atom is 0.301 e. The summed E-state index contributed by atoms with van der Waals surface area (Å²) in [5.74, 6) is 0. The molecule has 0 aliphatic heterocycles. The summed E-state index contributed by atoms with van der Waals surface area (Å²) in [5, 5.41) is 0. The molecule has 0 radical (unpaired) electrons. The van der Waals surface area contributed by atoms with Crippen molar-refractivity contribution < 1.29 is 8.42 Å². The number of para-hydroxylation sites is 1. The van der Waals surface area contributed by atoms with Crippen molar-refractivity contribution >= 4 is 27.3 Å². The van der Waals surface area contributed by atoms with Gasteiger partial charge >= 0.3 is 10.2 Å². The quantitative estimate of drug-likeness (QED) is 0.924. The summed E-state index contributed by atoms with van der Waals surface area (Å²) in [4.78, 5) is 2.03. The maximum absolute atomic E-state index is 11.7. The van der Waals surface area contributed by atoms with Crippen LogP contribution in [-0.2, 0) is 10.2 Å². The van der Waals surface area contributed by atoms with E-state index in [-0.39, 0.29) is 0 Å². The first-order chi connectivity index (χ1) is 9.90. The Labute approximate surface area is 126 Å². The molecule has 0 saturated carbocycles. The van der Waals surface area contributed by atoms with Gasteiger partial charge in [-0.3, -0.25) is 4.72 Å². The van der Waals surface area contributed by atoms with Gasteiger partial charge in [0.05, 0.1) is 0 Å². The van der Waals surface area contributed by atoms with Crippen LogP contribution < -0.4 is 9.62 Å². The third-order valence-corrected chi connectivity index (χ3v) is 4.58. The van der Waals surface area contributed by atoms with Gasteiger partial charge in [-0.1, -0.05) is 18.2 Å². The minimum Gasteiger partial charge on any atom is -0.345 e. The first-order valence-corrected chi connectivity index (χ1v) is 7.93. The van der Waals surface area contributed by atoms with E-state index in [4.69, 9.17) is 0 Å². The first-order valence-electron chi connectivity index (χ1n) is 6.49. The van der Waals surface area contributed by atoms with Gasteiger partial charge in [-0.2, -0.15) is 12.7 Å². The van der Waals surface area contributed by atoms with Gasteiger partial charge in [-0.15, -0.1) is 0 Å². The standard InChI is InChI=1S/C15H19N3O2S/c1-17(2)21(19,20)16-13-9-11-15(12-10-13)18(3)14-7-5-4-6-8-14/h4-12,16H,1-3H3. The van der Waals surface area contributed by atoms with Gasteiger partial charge in [-0.05, 0) is 36.4 Å². The van der Waals surface area contributed by atoms with E-state index < -0.39 is 10.2 Å². The molecule has 0 bridgehead atoms. The summed E-state index contributed by atoms with van der Waals surface area (Å²) >= 11 is 0. The summed E-state index contributed by atoms with van der Waals surface area (Å²) in [5.41, 5.74) is 2.59. The molecular weight excluding hydrogens is 286 g/mol. The molecule has 0 aliphatic carbocycles. The number of hydrogen-bond acceptors (Lipinski definition) is 3. The molecule has 2 aromatic carbocycles. The second kappa shape index (κ2) is 6.15. The summed E-state index contributed by atoms with van der Waals surface area (Å²) in [6.07, 6.45) is 0. The Balaban J connectivity index is 2.16. The lowest BCUT2D eigenvalue weighted by Gasteiger charge is -2.20. The van der Waals surface area contributed by atoms with Gasteiger partial charge in [0.2, 0.25) is 0 Å². The van der Waals surface area contributed by atoms with E-state index in [9.17, 15) is 8.42 Å². The van der Waals surface area contributed by atoms with Crippen molar-refractivity contribution in [2.75, 3.05) is 30.8 Å². The number of nitrogens with one attached hydrogen (secondary N) is 1. The van der Waals surface area contributed by atoms with E-state index in [1.54, 1.807) is 12.1 Å². The molecule has 0 fully saturated rings. The van der Waals surface area contributed by atoms with Gasteiger partial charge in [0.15, 0.2) is 0 Å². The van der Waals surface area contributed by atoms with Crippen molar-refractivity contribution in [2.45, 2.75) is 0 Å². The lowest BCUT2D eigenvalue weighted by atomic mass is 10.2. The van der Waals surface area contributed by atoms with E-state index in [0.717, 1.165) is 15.7 Å². The molecule has 112 valence electrons. The fraction of sp³-hybridized carbons (Fsp3) is 0.200. The number of anilines is 3. The van der Waals surface area contributed by atoms with Crippen molar-refractivity contribution in [3.05, 3.63) is 54.6 Å². The van der Waals surface area contributed by atoms with Crippen molar-refractivity contribution in [1.82, 2.24) is 4.31 Å². The fourth-order valence-corrected chi connectivity index (χ4v) is 2.41. The molecule has 0 amide bonds. The predicted octanol–water partition coefficient (Wildman–Crippen LogP) is 2.67. The van der Waals surface area contributed by atoms with Crippen LogP contribution >= 0.6 is 0 Å². The van der Waals surface area contributed by atoms with Crippen LogP contribution in [0.15, 0.2) is 54.6 Å². The molecule has 21 heavy (non-hydrogen) atoms. The summed E-state index contributed by atoms with van der Waals surface area (Å²) in [7, 11) is 1.47. The molecule has 6 heteroatoms. The Kier molecular flexibility index (Phi) is 4.50. The van der Waals surface area contributed by atoms with E-state index in [2.05, 4.69) is 4.72 Å². The first kappa shape index (κ1) is 15.3. The van der Waals surface area contributed by atoms with Crippen LogP contribution in [0.3, 0.4) is 0 Å². The monoisotopic (exact) mass is 305 g/mol. The van der Waals surface area contributed by atoms with Gasteiger partial charge in [-0.25, -0.2) is 0 Å². The molecule has 0 aromatic heterocycles. The molecule has 0 aliphatic rings. The van der Waals surface area contributed by atoms with Gasteiger partial charge in [0.1, 0.15) is 0 Å². The van der Waals surface area contributed by atoms with Crippen molar-refractivity contribution in [3.8, 4) is 0 Å². The van der Waals surface area contributed by atoms with Gasteiger partial charge in [0, 0.05) is 38.2 Å². The minimum absolute atomic E-state index is 0.536. The topological polar surface area (TPSA) is 52.7 Å². The number of nitrogens with zero attached hydrogens (tertiary/aromatic N) is 2. The maximum atomic E-state index is 11.7. The number of benzene rings is 2. The second-order valence-electron chi connectivity index (χ2n) is 4.83. The highest BCUT2D eigenvalue weighted by Gasteiger charge is 2.13. The Bertz CT molecular complexity index is 683. The molecule has 5 nitrogen and oxygen atoms in total. The number of hydrogen-bond donors (Lipinski definition) is 1.